The standard InChI is InChI=1S/C31H48O6/c1-17(2)9-8-10-20(28(35)36)26-22-15-24(34)27-29(5)13-12-23(33)18(3)21(29)11-14-30(27,6)31(22,7)16-25(26)37-19(4)32/h9,18,21-25,27,33-34H,8,10-16H2,1-7H3,(H,35,36)/b26-20-/t18-,21-,22-,23?,24?,25-,27-,29-,30-,31-/m1/s1/i1D3,2D3. The van der Waals surface area contributed by atoms with E-state index in [1.54, 1.807) is 0 Å². The minimum Gasteiger partial charge on any atom is -0.478 e. The van der Waals surface area contributed by atoms with Crippen molar-refractivity contribution >= 4 is 11.9 Å². The Hall–Kier alpha value is -1.66. The van der Waals surface area contributed by atoms with E-state index < -0.39 is 60.2 Å². The highest BCUT2D eigenvalue weighted by molar-refractivity contribution is 5.88. The fraction of sp³-hybridized carbons (Fsp3) is 0.806. The van der Waals surface area contributed by atoms with E-state index in [1.165, 1.54) is 6.92 Å². The summed E-state index contributed by atoms with van der Waals surface area (Å²) in [6, 6.07) is 0. The molecular formula is C31H48O6. The average Bonchev–Trinajstić information content (AvgIpc) is 3.11. The number of aliphatic hydroxyl groups is 2. The molecule has 4 saturated carbocycles. The number of hydrogen-bond acceptors (Lipinski definition) is 5. The van der Waals surface area contributed by atoms with Crippen LogP contribution in [-0.4, -0.2) is 45.6 Å². The zero-order valence-corrected chi connectivity index (χ0v) is 22.8. The monoisotopic (exact) mass is 522 g/mol. The lowest BCUT2D eigenvalue weighted by molar-refractivity contribution is -0.234. The summed E-state index contributed by atoms with van der Waals surface area (Å²) in [5.74, 6) is -1.92. The maximum absolute atomic E-state index is 12.8. The molecule has 4 aliphatic carbocycles. The molecule has 6 heteroatoms. The van der Waals surface area contributed by atoms with Crippen molar-refractivity contribution in [1.29, 1.82) is 0 Å². The van der Waals surface area contributed by atoms with Crippen LogP contribution in [0.15, 0.2) is 22.8 Å². The highest BCUT2D eigenvalue weighted by Crippen LogP contribution is 2.74. The Morgan fingerprint density at radius 2 is 1.81 bits per heavy atom. The second-order valence-corrected chi connectivity index (χ2v) is 13.0. The summed E-state index contributed by atoms with van der Waals surface area (Å²) in [6.45, 7) is 4.24. The molecular weight excluding hydrogens is 468 g/mol. The molecule has 0 radical (unpaired) electrons. The number of esters is 1. The number of carbonyl (C=O) groups excluding carboxylic acids is 1. The lowest BCUT2D eigenvalue weighted by atomic mass is 9.36. The van der Waals surface area contributed by atoms with Crippen molar-refractivity contribution in [2.75, 3.05) is 0 Å². The predicted molar refractivity (Wildman–Crippen MR) is 143 cm³/mol. The summed E-state index contributed by atoms with van der Waals surface area (Å²) >= 11 is 0. The number of fused-ring (bicyclic) bond motifs is 5. The Kier molecular flexibility index (Phi) is 5.63. The van der Waals surface area contributed by atoms with Crippen molar-refractivity contribution in [2.24, 2.45) is 39.9 Å². The van der Waals surface area contributed by atoms with Crippen LogP contribution in [0.25, 0.3) is 0 Å². The van der Waals surface area contributed by atoms with Gasteiger partial charge in [-0.15, -0.1) is 0 Å². The Balaban J connectivity index is 1.80. The van der Waals surface area contributed by atoms with Crippen LogP contribution < -0.4 is 0 Å². The molecule has 2 unspecified atom stereocenters. The molecule has 4 rings (SSSR count). The maximum atomic E-state index is 12.8. The van der Waals surface area contributed by atoms with Crippen LogP contribution >= 0.6 is 0 Å². The van der Waals surface area contributed by atoms with Crippen molar-refractivity contribution < 1.29 is 37.9 Å². The normalized spacial score (nSPS) is 49.3. The van der Waals surface area contributed by atoms with Crippen molar-refractivity contribution in [3.05, 3.63) is 22.8 Å². The van der Waals surface area contributed by atoms with Gasteiger partial charge in [-0.1, -0.05) is 39.3 Å². The number of carboxylic acid groups (broad SMARTS) is 1. The molecule has 10 atom stereocenters. The minimum atomic E-state index is -2.85. The van der Waals surface area contributed by atoms with Crippen LogP contribution in [-0.2, 0) is 14.3 Å². The van der Waals surface area contributed by atoms with E-state index in [9.17, 15) is 24.9 Å². The lowest BCUT2D eigenvalue weighted by Crippen LogP contribution is -2.65. The second-order valence-electron chi connectivity index (χ2n) is 13.0. The summed E-state index contributed by atoms with van der Waals surface area (Å²) in [6.07, 6.45) is 2.69. The number of aliphatic carboxylic acids is 1. The van der Waals surface area contributed by atoms with Gasteiger partial charge in [-0.05, 0) is 111 Å². The van der Waals surface area contributed by atoms with Crippen LogP contribution in [0.3, 0.4) is 0 Å². The molecule has 0 aromatic rings. The van der Waals surface area contributed by atoms with Crippen LogP contribution in [0.2, 0.25) is 0 Å². The molecule has 6 nitrogen and oxygen atoms in total. The molecule has 4 aliphatic rings. The quantitative estimate of drug-likeness (QED) is 0.244. The SMILES string of the molecule is [2H]C([2H])([2H])C(=CCC/C(C(=O)O)=C1\[C@H]2CC(O)[C@@H]3[C@]4(C)CCC(O)[C@H](C)[C@H]4CC[C@@]3(C)[C@]2(C)C[C@H]1OC(C)=O)C([2H])([2H])[2H]. The first kappa shape index (κ1) is 21.2. The number of carbonyl (C=O) groups is 2. The number of aliphatic hydroxyl groups excluding tert-OH is 2. The van der Waals surface area contributed by atoms with Crippen molar-refractivity contribution in [2.45, 2.75) is 118 Å². The van der Waals surface area contributed by atoms with Crippen LogP contribution in [0.4, 0.5) is 0 Å². The number of carboxylic acids is 1. The van der Waals surface area contributed by atoms with Gasteiger partial charge < -0.3 is 20.1 Å². The summed E-state index contributed by atoms with van der Waals surface area (Å²) in [4.78, 5) is 25.1. The van der Waals surface area contributed by atoms with Gasteiger partial charge in [0.05, 0.1) is 12.2 Å². The van der Waals surface area contributed by atoms with E-state index in [4.69, 9.17) is 13.0 Å². The third-order valence-corrected chi connectivity index (χ3v) is 11.4. The first-order chi connectivity index (χ1) is 19.6. The molecule has 0 spiro atoms. The van der Waals surface area contributed by atoms with Gasteiger partial charge in [0.1, 0.15) is 6.10 Å². The van der Waals surface area contributed by atoms with Crippen LogP contribution in [0.5, 0.6) is 0 Å². The smallest absolute Gasteiger partial charge is 0.331 e. The minimum absolute atomic E-state index is 0.0183. The van der Waals surface area contributed by atoms with E-state index in [1.807, 2.05) is 0 Å². The van der Waals surface area contributed by atoms with Crippen molar-refractivity contribution in [3.63, 3.8) is 0 Å². The maximum Gasteiger partial charge on any atom is 0.331 e. The van der Waals surface area contributed by atoms with Gasteiger partial charge in [0, 0.05) is 20.7 Å². The highest BCUT2D eigenvalue weighted by atomic mass is 16.5. The van der Waals surface area contributed by atoms with Crippen molar-refractivity contribution in [1.82, 2.24) is 0 Å². The molecule has 208 valence electrons. The van der Waals surface area contributed by atoms with Gasteiger partial charge in [0.15, 0.2) is 0 Å². The summed E-state index contributed by atoms with van der Waals surface area (Å²) in [5.41, 5.74) is -1.43. The molecule has 3 N–H and O–H groups in total. The number of allylic oxidation sites excluding steroid dienone is 2. The van der Waals surface area contributed by atoms with Gasteiger partial charge in [0.25, 0.3) is 0 Å². The van der Waals surface area contributed by atoms with Gasteiger partial charge in [-0.2, -0.15) is 0 Å². The Labute approximate surface area is 231 Å². The van der Waals surface area contributed by atoms with Gasteiger partial charge in [0.2, 0.25) is 0 Å². The predicted octanol–water partition coefficient (Wildman–Crippen LogP) is 5.67. The number of rotatable bonds is 5. The fourth-order valence-corrected chi connectivity index (χ4v) is 9.64. The van der Waals surface area contributed by atoms with Gasteiger partial charge in [-0.3, -0.25) is 4.79 Å². The van der Waals surface area contributed by atoms with E-state index in [0.29, 0.717) is 24.8 Å². The molecule has 0 aromatic carbocycles. The second kappa shape index (κ2) is 9.82. The summed E-state index contributed by atoms with van der Waals surface area (Å²) in [7, 11) is 0. The van der Waals surface area contributed by atoms with E-state index in [2.05, 4.69) is 27.7 Å². The topological polar surface area (TPSA) is 104 Å². The van der Waals surface area contributed by atoms with Crippen molar-refractivity contribution in [3.8, 4) is 0 Å². The Bertz CT molecular complexity index is 1180. The molecule has 0 heterocycles. The summed E-state index contributed by atoms with van der Waals surface area (Å²) < 4.78 is 51.7. The third kappa shape index (κ3) is 4.40. The highest BCUT2D eigenvalue weighted by Gasteiger charge is 2.70. The molecule has 37 heavy (non-hydrogen) atoms. The van der Waals surface area contributed by atoms with Crippen LogP contribution in [0.1, 0.15) is 108 Å². The Morgan fingerprint density at radius 1 is 1.11 bits per heavy atom. The van der Waals surface area contributed by atoms with Gasteiger partial charge in [-0.25, -0.2) is 4.79 Å². The average molecular weight is 523 g/mol. The molecule has 0 saturated heterocycles. The molecule has 0 bridgehead atoms. The van der Waals surface area contributed by atoms with E-state index >= 15 is 0 Å². The third-order valence-electron chi connectivity index (χ3n) is 11.4. The van der Waals surface area contributed by atoms with E-state index in [0.717, 1.165) is 25.3 Å². The molecule has 0 aliphatic heterocycles. The van der Waals surface area contributed by atoms with E-state index in [-0.39, 0.29) is 47.7 Å². The first-order valence-electron chi connectivity index (χ1n) is 16.8. The number of hydrogen-bond donors (Lipinski definition) is 3. The lowest BCUT2D eigenvalue weighted by Gasteiger charge is -2.69. The zero-order valence-electron chi connectivity index (χ0n) is 28.8. The fourth-order valence-electron chi connectivity index (χ4n) is 9.64. The van der Waals surface area contributed by atoms with Crippen LogP contribution in [0, 0.1) is 39.9 Å². The molecule has 0 aromatic heterocycles. The van der Waals surface area contributed by atoms with Gasteiger partial charge >= 0.3 is 11.9 Å². The number of ether oxygens (including phenoxy) is 1. The largest absolute Gasteiger partial charge is 0.478 e. The zero-order chi connectivity index (χ0) is 32.5. The molecule has 4 fully saturated rings. The summed E-state index contributed by atoms with van der Waals surface area (Å²) in [5, 5.41) is 33.1. The first-order valence-corrected chi connectivity index (χ1v) is 13.8. The molecule has 0 amide bonds. The Morgan fingerprint density at radius 3 is 2.43 bits per heavy atom.